The van der Waals surface area contributed by atoms with Crippen molar-refractivity contribution >= 4 is 5.91 Å². The molecule has 2 rings (SSSR count). The minimum absolute atomic E-state index is 0.0631. The van der Waals surface area contributed by atoms with Crippen LogP contribution in [0.5, 0.6) is 0 Å². The number of carbonyl (C=O) groups excluding carboxylic acids is 1. The van der Waals surface area contributed by atoms with Crippen LogP contribution < -0.4 is 10.6 Å². The molecule has 1 saturated carbocycles. The van der Waals surface area contributed by atoms with Crippen molar-refractivity contribution in [2.45, 2.75) is 64.5 Å². The molecule has 0 aromatic rings. The van der Waals surface area contributed by atoms with Crippen molar-refractivity contribution < 1.29 is 4.79 Å². The molecule has 3 heteroatoms. The number of nitrogens with one attached hydrogen (secondary N) is 2. The maximum atomic E-state index is 12.1. The summed E-state index contributed by atoms with van der Waals surface area (Å²) in [6.07, 6.45) is 7.12. The fourth-order valence-corrected chi connectivity index (χ4v) is 3.14. The third kappa shape index (κ3) is 3.21. The molecule has 0 spiro atoms. The van der Waals surface area contributed by atoms with Gasteiger partial charge in [0, 0.05) is 6.04 Å². The van der Waals surface area contributed by atoms with Crippen molar-refractivity contribution in [3.63, 3.8) is 0 Å². The Kier molecular flexibility index (Phi) is 4.43. The second-order valence-corrected chi connectivity index (χ2v) is 5.88. The lowest BCUT2D eigenvalue weighted by atomic mass is 9.78. The van der Waals surface area contributed by atoms with E-state index in [0.717, 1.165) is 25.3 Å². The maximum Gasteiger partial charge on any atom is 0.237 e. The lowest BCUT2D eigenvalue weighted by Crippen LogP contribution is -2.52. The number of amides is 1. The summed E-state index contributed by atoms with van der Waals surface area (Å²) in [4.78, 5) is 12.1. The van der Waals surface area contributed by atoms with Gasteiger partial charge in [-0.15, -0.1) is 0 Å². The highest BCUT2D eigenvalue weighted by Gasteiger charge is 2.30. The Hall–Kier alpha value is -0.570. The van der Waals surface area contributed by atoms with Gasteiger partial charge in [0.2, 0.25) is 5.91 Å². The van der Waals surface area contributed by atoms with Crippen molar-refractivity contribution in [2.75, 3.05) is 6.54 Å². The normalized spacial score (nSPS) is 38.7. The van der Waals surface area contributed by atoms with Crippen LogP contribution >= 0.6 is 0 Å². The van der Waals surface area contributed by atoms with Crippen LogP contribution in [0.4, 0.5) is 0 Å². The Morgan fingerprint density at radius 3 is 2.65 bits per heavy atom. The number of rotatable bonds is 2. The quantitative estimate of drug-likeness (QED) is 0.773. The van der Waals surface area contributed by atoms with Gasteiger partial charge < -0.3 is 10.6 Å². The Bertz CT molecular complexity index is 261. The highest BCUT2D eigenvalue weighted by atomic mass is 16.2. The second-order valence-electron chi connectivity index (χ2n) is 5.88. The summed E-state index contributed by atoms with van der Waals surface area (Å²) in [5, 5.41) is 6.59. The fourth-order valence-electron chi connectivity index (χ4n) is 3.14. The molecule has 2 fully saturated rings. The first-order valence-corrected chi connectivity index (χ1v) is 7.22. The molecular weight excluding hydrogens is 212 g/mol. The van der Waals surface area contributed by atoms with E-state index >= 15 is 0 Å². The van der Waals surface area contributed by atoms with Gasteiger partial charge in [-0.25, -0.2) is 0 Å². The second kappa shape index (κ2) is 5.85. The van der Waals surface area contributed by atoms with Crippen LogP contribution in [0.25, 0.3) is 0 Å². The predicted molar refractivity (Wildman–Crippen MR) is 69.8 cm³/mol. The van der Waals surface area contributed by atoms with E-state index in [9.17, 15) is 4.79 Å². The van der Waals surface area contributed by atoms with Gasteiger partial charge >= 0.3 is 0 Å². The summed E-state index contributed by atoms with van der Waals surface area (Å²) in [5.74, 6) is 1.60. The molecular formula is C14H26N2O. The first-order chi connectivity index (χ1) is 8.18. The number of carbonyl (C=O) groups is 1. The zero-order valence-corrected chi connectivity index (χ0v) is 11.2. The molecule has 1 amide bonds. The summed E-state index contributed by atoms with van der Waals surface area (Å²) in [7, 11) is 0. The summed E-state index contributed by atoms with van der Waals surface area (Å²) in [6.45, 7) is 5.58. The molecule has 4 atom stereocenters. The topological polar surface area (TPSA) is 41.1 Å². The molecule has 17 heavy (non-hydrogen) atoms. The minimum Gasteiger partial charge on any atom is -0.352 e. The lowest BCUT2D eigenvalue weighted by molar-refractivity contribution is -0.125. The molecule has 2 N–H and O–H groups in total. The van der Waals surface area contributed by atoms with Crippen LogP contribution in [-0.2, 0) is 4.79 Å². The summed E-state index contributed by atoms with van der Waals surface area (Å²) in [6, 6.07) is 0.461. The van der Waals surface area contributed by atoms with Crippen LogP contribution in [0.2, 0.25) is 0 Å². The Morgan fingerprint density at radius 1 is 1.12 bits per heavy atom. The van der Waals surface area contributed by atoms with Crippen LogP contribution in [0.15, 0.2) is 0 Å². The van der Waals surface area contributed by atoms with E-state index in [1.54, 1.807) is 0 Å². The molecule has 1 aliphatic heterocycles. The molecule has 3 unspecified atom stereocenters. The van der Waals surface area contributed by atoms with Crippen LogP contribution in [0, 0.1) is 11.8 Å². The van der Waals surface area contributed by atoms with Crippen molar-refractivity contribution in [3.8, 4) is 0 Å². The molecule has 98 valence electrons. The van der Waals surface area contributed by atoms with Gasteiger partial charge in [0.1, 0.15) is 0 Å². The molecule has 0 aromatic carbocycles. The van der Waals surface area contributed by atoms with E-state index < -0.39 is 0 Å². The molecule has 1 saturated heterocycles. The number of piperidine rings is 1. The minimum atomic E-state index is 0.0631. The fraction of sp³-hybridized carbons (Fsp3) is 0.929. The third-order valence-corrected chi connectivity index (χ3v) is 4.66. The summed E-state index contributed by atoms with van der Waals surface area (Å²) < 4.78 is 0. The highest BCUT2D eigenvalue weighted by molar-refractivity contribution is 5.82. The van der Waals surface area contributed by atoms with Gasteiger partial charge in [-0.3, -0.25) is 4.79 Å². The number of hydrogen-bond acceptors (Lipinski definition) is 2. The van der Waals surface area contributed by atoms with Crippen molar-refractivity contribution in [1.82, 2.24) is 10.6 Å². The van der Waals surface area contributed by atoms with Crippen LogP contribution in [0.1, 0.15) is 52.4 Å². The van der Waals surface area contributed by atoms with Crippen molar-refractivity contribution in [1.29, 1.82) is 0 Å². The highest BCUT2D eigenvalue weighted by Crippen LogP contribution is 2.29. The monoisotopic (exact) mass is 238 g/mol. The predicted octanol–water partition coefficient (Wildman–Crippen LogP) is 2.07. The Morgan fingerprint density at radius 2 is 1.94 bits per heavy atom. The molecule has 0 aromatic heterocycles. The van der Waals surface area contributed by atoms with E-state index in [1.807, 2.05) is 0 Å². The van der Waals surface area contributed by atoms with Gasteiger partial charge in [-0.2, -0.15) is 0 Å². The zero-order chi connectivity index (χ0) is 12.3. The number of hydrogen-bond donors (Lipinski definition) is 2. The van der Waals surface area contributed by atoms with E-state index in [0.29, 0.717) is 12.0 Å². The summed E-state index contributed by atoms with van der Waals surface area (Å²) >= 11 is 0. The van der Waals surface area contributed by atoms with Crippen LogP contribution in [0.3, 0.4) is 0 Å². The molecule has 2 aliphatic rings. The van der Waals surface area contributed by atoms with E-state index in [1.165, 1.54) is 25.7 Å². The third-order valence-electron chi connectivity index (χ3n) is 4.66. The Labute approximate surface area is 105 Å². The van der Waals surface area contributed by atoms with E-state index in [-0.39, 0.29) is 11.9 Å². The molecule has 0 radical (unpaired) electrons. The van der Waals surface area contributed by atoms with E-state index in [2.05, 4.69) is 24.5 Å². The van der Waals surface area contributed by atoms with Gasteiger partial charge in [0.15, 0.2) is 0 Å². The van der Waals surface area contributed by atoms with Gasteiger partial charge in [-0.05, 0) is 37.6 Å². The standard InChI is InChI=1S/C14H26N2O/c1-10-6-5-8-12(11(10)2)16-14(17)13-7-3-4-9-15-13/h10-13,15H,3-9H2,1-2H3,(H,16,17)/t10?,11?,12?,13-/m1/s1. The lowest BCUT2D eigenvalue weighted by Gasteiger charge is -2.36. The van der Waals surface area contributed by atoms with Crippen molar-refractivity contribution in [3.05, 3.63) is 0 Å². The molecule has 3 nitrogen and oxygen atoms in total. The largest absolute Gasteiger partial charge is 0.352 e. The first-order valence-electron chi connectivity index (χ1n) is 7.22. The maximum absolute atomic E-state index is 12.1. The van der Waals surface area contributed by atoms with Gasteiger partial charge in [0.25, 0.3) is 0 Å². The van der Waals surface area contributed by atoms with Gasteiger partial charge in [0.05, 0.1) is 6.04 Å². The molecule has 1 aliphatic carbocycles. The summed E-state index contributed by atoms with van der Waals surface area (Å²) in [5.41, 5.74) is 0. The van der Waals surface area contributed by atoms with Gasteiger partial charge in [-0.1, -0.05) is 33.1 Å². The first kappa shape index (κ1) is 12.9. The SMILES string of the molecule is CC1CCCC(NC(=O)[C@H]2CCCCN2)C1C. The molecule has 0 bridgehead atoms. The smallest absolute Gasteiger partial charge is 0.237 e. The van der Waals surface area contributed by atoms with E-state index in [4.69, 9.17) is 0 Å². The average Bonchev–Trinajstić information content (AvgIpc) is 2.36. The molecule has 1 heterocycles. The van der Waals surface area contributed by atoms with Crippen LogP contribution in [-0.4, -0.2) is 24.5 Å². The van der Waals surface area contributed by atoms with Crippen molar-refractivity contribution in [2.24, 2.45) is 11.8 Å². The zero-order valence-electron chi connectivity index (χ0n) is 11.2. The Balaban J connectivity index is 1.84. The average molecular weight is 238 g/mol.